The summed E-state index contributed by atoms with van der Waals surface area (Å²) in [6, 6.07) is 11.2. The minimum Gasteiger partial charge on any atom is -0.481 e. The zero-order valence-corrected chi connectivity index (χ0v) is 16.7. The molecule has 1 aliphatic heterocycles. The van der Waals surface area contributed by atoms with Crippen molar-refractivity contribution in [1.82, 2.24) is 4.90 Å². The van der Waals surface area contributed by atoms with Crippen LogP contribution >= 0.6 is 27.7 Å². The van der Waals surface area contributed by atoms with Gasteiger partial charge in [0.05, 0.1) is 10.8 Å². The summed E-state index contributed by atoms with van der Waals surface area (Å²) in [5.41, 5.74) is 0.897. The second kappa shape index (κ2) is 8.14. The third kappa shape index (κ3) is 4.51. The summed E-state index contributed by atoms with van der Waals surface area (Å²) in [6.07, 6.45) is 1.75. The van der Waals surface area contributed by atoms with Crippen molar-refractivity contribution in [3.63, 3.8) is 0 Å². The summed E-state index contributed by atoms with van der Waals surface area (Å²) in [4.78, 5) is 36.7. The number of hydrogen-bond donors (Lipinski definition) is 1. The Hall–Kier alpha value is -2.32. The molecule has 2 amide bonds. The van der Waals surface area contributed by atoms with Gasteiger partial charge in [-0.3, -0.25) is 19.3 Å². The lowest BCUT2D eigenvalue weighted by atomic mass is 10.1. The standard InChI is InChI=1S/C19H16BrNO5S/c1-11(18(23)24)8-9-21-17(22)16(27-19(21)25)10-14-6-7-15(26-14)12-2-4-13(20)5-3-12/h2-7,10-11H,8-9H2,1H3,(H,23,24)/b16-10+. The largest absolute Gasteiger partial charge is 0.481 e. The second-order valence-electron chi connectivity index (χ2n) is 6.07. The molecule has 1 unspecified atom stereocenters. The Labute approximate surface area is 168 Å². The van der Waals surface area contributed by atoms with Gasteiger partial charge in [0.25, 0.3) is 11.1 Å². The SMILES string of the molecule is CC(CCN1C(=O)S/C(=C/c2ccc(-c3ccc(Br)cc3)o2)C1=O)C(=O)O. The molecule has 8 heteroatoms. The maximum absolute atomic E-state index is 12.4. The number of carbonyl (C=O) groups is 3. The van der Waals surface area contributed by atoms with Crippen LogP contribution in [0.15, 0.2) is 50.2 Å². The van der Waals surface area contributed by atoms with E-state index in [1.54, 1.807) is 19.1 Å². The van der Waals surface area contributed by atoms with Gasteiger partial charge in [-0.05, 0) is 42.4 Å². The molecule has 1 aliphatic rings. The molecule has 140 valence electrons. The van der Waals surface area contributed by atoms with Crippen molar-refractivity contribution in [2.24, 2.45) is 5.92 Å². The highest BCUT2D eigenvalue weighted by Gasteiger charge is 2.35. The number of amides is 2. The van der Waals surface area contributed by atoms with Crippen LogP contribution in [0.4, 0.5) is 4.79 Å². The summed E-state index contributed by atoms with van der Waals surface area (Å²) in [5, 5.41) is 8.53. The molecule has 1 fully saturated rings. The summed E-state index contributed by atoms with van der Waals surface area (Å²) >= 11 is 4.21. The number of thioether (sulfide) groups is 1. The van der Waals surface area contributed by atoms with Gasteiger partial charge < -0.3 is 9.52 Å². The lowest BCUT2D eigenvalue weighted by molar-refractivity contribution is -0.141. The molecule has 1 N–H and O–H groups in total. The maximum Gasteiger partial charge on any atom is 0.306 e. The molecule has 1 aromatic carbocycles. The Bertz CT molecular complexity index is 918. The van der Waals surface area contributed by atoms with Crippen LogP contribution in [0.25, 0.3) is 17.4 Å². The lowest BCUT2D eigenvalue weighted by Crippen LogP contribution is -2.31. The molecule has 2 heterocycles. The molecule has 1 aromatic heterocycles. The number of halogens is 1. The smallest absolute Gasteiger partial charge is 0.306 e. The molecule has 0 saturated carbocycles. The fourth-order valence-corrected chi connectivity index (χ4v) is 3.58. The van der Waals surface area contributed by atoms with Gasteiger partial charge in [0.1, 0.15) is 11.5 Å². The highest BCUT2D eigenvalue weighted by atomic mass is 79.9. The summed E-state index contributed by atoms with van der Waals surface area (Å²) in [5.74, 6) is -0.875. The zero-order chi connectivity index (χ0) is 19.6. The van der Waals surface area contributed by atoms with Gasteiger partial charge >= 0.3 is 5.97 Å². The van der Waals surface area contributed by atoms with E-state index in [-0.39, 0.29) is 17.9 Å². The minimum atomic E-state index is -0.950. The van der Waals surface area contributed by atoms with Gasteiger partial charge in [-0.15, -0.1) is 0 Å². The first kappa shape index (κ1) is 19.4. The highest BCUT2D eigenvalue weighted by molar-refractivity contribution is 9.10. The number of benzene rings is 1. The minimum absolute atomic E-state index is 0.0811. The van der Waals surface area contributed by atoms with Crippen LogP contribution < -0.4 is 0 Å². The number of carbonyl (C=O) groups excluding carboxylic acids is 2. The molecule has 6 nitrogen and oxygen atoms in total. The van der Waals surface area contributed by atoms with E-state index in [4.69, 9.17) is 9.52 Å². The van der Waals surface area contributed by atoms with Gasteiger partial charge in [-0.1, -0.05) is 35.0 Å². The number of nitrogens with zero attached hydrogens (tertiary/aromatic N) is 1. The monoisotopic (exact) mass is 449 g/mol. The fraction of sp³-hybridized carbons (Fsp3) is 0.211. The quantitative estimate of drug-likeness (QED) is 0.633. The number of imide groups is 1. The van der Waals surface area contributed by atoms with Gasteiger partial charge in [0.15, 0.2) is 0 Å². The molecular weight excluding hydrogens is 434 g/mol. The Kier molecular flexibility index (Phi) is 5.86. The Morgan fingerprint density at radius 2 is 1.96 bits per heavy atom. The van der Waals surface area contributed by atoms with E-state index in [1.807, 2.05) is 24.3 Å². The Morgan fingerprint density at radius 1 is 1.26 bits per heavy atom. The van der Waals surface area contributed by atoms with Crippen molar-refractivity contribution in [3.05, 3.63) is 51.5 Å². The van der Waals surface area contributed by atoms with Crippen LogP contribution in [0.5, 0.6) is 0 Å². The number of hydrogen-bond acceptors (Lipinski definition) is 5. The zero-order valence-electron chi connectivity index (χ0n) is 14.3. The van der Waals surface area contributed by atoms with Crippen LogP contribution in [-0.4, -0.2) is 33.7 Å². The third-order valence-corrected chi connectivity index (χ3v) is 5.55. The molecular formula is C19H16BrNO5S. The highest BCUT2D eigenvalue weighted by Crippen LogP contribution is 2.33. The first-order valence-electron chi connectivity index (χ1n) is 8.19. The normalized spacial score (nSPS) is 17.0. The molecule has 0 radical (unpaired) electrons. The maximum atomic E-state index is 12.4. The topological polar surface area (TPSA) is 87.8 Å². The van der Waals surface area contributed by atoms with Crippen molar-refractivity contribution in [1.29, 1.82) is 0 Å². The molecule has 0 spiro atoms. The third-order valence-electron chi connectivity index (χ3n) is 4.11. The van der Waals surface area contributed by atoms with E-state index in [2.05, 4.69) is 15.9 Å². The number of rotatable bonds is 6. The van der Waals surface area contributed by atoms with Crippen molar-refractivity contribution in [2.75, 3.05) is 6.54 Å². The Morgan fingerprint density at radius 3 is 2.63 bits per heavy atom. The molecule has 0 bridgehead atoms. The summed E-state index contributed by atoms with van der Waals surface area (Å²) < 4.78 is 6.72. The number of furan rings is 1. The van der Waals surface area contributed by atoms with Gasteiger partial charge in [0.2, 0.25) is 0 Å². The van der Waals surface area contributed by atoms with Gasteiger partial charge in [-0.2, -0.15) is 0 Å². The lowest BCUT2D eigenvalue weighted by Gasteiger charge is -2.13. The molecule has 1 atom stereocenters. The van der Waals surface area contributed by atoms with Crippen LogP contribution in [0, 0.1) is 5.92 Å². The molecule has 0 aliphatic carbocycles. The van der Waals surface area contributed by atoms with E-state index in [1.165, 1.54) is 6.08 Å². The van der Waals surface area contributed by atoms with E-state index < -0.39 is 23.0 Å². The number of carboxylic acid groups (broad SMARTS) is 1. The fourth-order valence-electron chi connectivity index (χ4n) is 2.47. The predicted octanol–water partition coefficient (Wildman–Crippen LogP) is 4.86. The average Bonchev–Trinajstić information content (AvgIpc) is 3.19. The van der Waals surface area contributed by atoms with E-state index >= 15 is 0 Å². The molecule has 2 aromatic rings. The summed E-state index contributed by atoms with van der Waals surface area (Å²) in [6.45, 7) is 1.63. The van der Waals surface area contributed by atoms with Gasteiger partial charge in [-0.25, -0.2) is 0 Å². The average molecular weight is 450 g/mol. The van der Waals surface area contributed by atoms with E-state index in [0.717, 1.165) is 26.7 Å². The van der Waals surface area contributed by atoms with Crippen molar-refractivity contribution in [2.45, 2.75) is 13.3 Å². The van der Waals surface area contributed by atoms with Crippen molar-refractivity contribution in [3.8, 4) is 11.3 Å². The summed E-state index contributed by atoms with van der Waals surface area (Å²) in [7, 11) is 0. The van der Waals surface area contributed by atoms with Gasteiger partial charge in [0, 0.05) is 22.7 Å². The van der Waals surface area contributed by atoms with Crippen molar-refractivity contribution >= 4 is 50.9 Å². The number of aliphatic carboxylic acids is 1. The van der Waals surface area contributed by atoms with E-state index in [0.29, 0.717) is 11.5 Å². The predicted molar refractivity (Wildman–Crippen MR) is 106 cm³/mol. The van der Waals surface area contributed by atoms with Crippen molar-refractivity contribution < 1.29 is 23.9 Å². The van der Waals surface area contributed by atoms with Crippen LogP contribution in [0.2, 0.25) is 0 Å². The van der Waals surface area contributed by atoms with Crippen LogP contribution in [0.3, 0.4) is 0 Å². The number of carboxylic acids is 1. The molecule has 1 saturated heterocycles. The van der Waals surface area contributed by atoms with Crippen LogP contribution in [-0.2, 0) is 9.59 Å². The first-order valence-corrected chi connectivity index (χ1v) is 9.80. The second-order valence-corrected chi connectivity index (χ2v) is 7.98. The first-order chi connectivity index (χ1) is 12.8. The van der Waals surface area contributed by atoms with Crippen LogP contribution in [0.1, 0.15) is 19.1 Å². The Balaban J connectivity index is 1.72. The van der Waals surface area contributed by atoms with E-state index in [9.17, 15) is 14.4 Å². The molecule has 27 heavy (non-hydrogen) atoms. The molecule has 3 rings (SSSR count).